The standard InChI is InChI=1S/C14H21N3O2.ClH/c1-10(2)7-8-13(18)16-9-14(19)17-12-6-4-3-5-11(12)15;/h3-6,10H,7-9,15H2,1-2H3,(H,16,18)(H,17,19);1H. The van der Waals surface area contributed by atoms with E-state index in [-0.39, 0.29) is 30.8 Å². The number of nitrogens with one attached hydrogen (secondary N) is 2. The second-order valence-electron chi connectivity index (χ2n) is 4.84. The third-order valence-corrected chi connectivity index (χ3v) is 2.63. The number of nitrogen functional groups attached to an aromatic ring is 1. The highest BCUT2D eigenvalue weighted by molar-refractivity contribution is 5.96. The Morgan fingerprint density at radius 3 is 2.45 bits per heavy atom. The molecule has 0 aliphatic rings. The summed E-state index contributed by atoms with van der Waals surface area (Å²) in [5.41, 5.74) is 6.76. The zero-order valence-electron chi connectivity index (χ0n) is 11.8. The van der Waals surface area contributed by atoms with E-state index in [1.165, 1.54) is 0 Å². The van der Waals surface area contributed by atoms with Crippen molar-refractivity contribution in [2.75, 3.05) is 17.6 Å². The van der Waals surface area contributed by atoms with E-state index in [1.54, 1.807) is 24.3 Å². The predicted molar refractivity (Wildman–Crippen MR) is 83.8 cm³/mol. The fourth-order valence-electron chi connectivity index (χ4n) is 1.49. The Morgan fingerprint density at radius 1 is 1.20 bits per heavy atom. The fourth-order valence-corrected chi connectivity index (χ4v) is 1.49. The van der Waals surface area contributed by atoms with E-state index >= 15 is 0 Å². The van der Waals surface area contributed by atoms with Gasteiger partial charge in [-0.05, 0) is 24.5 Å². The number of carbonyl (C=O) groups excluding carboxylic acids is 2. The molecule has 0 unspecified atom stereocenters. The van der Waals surface area contributed by atoms with Crippen molar-refractivity contribution >= 4 is 35.6 Å². The molecule has 0 aliphatic heterocycles. The van der Waals surface area contributed by atoms with Gasteiger partial charge in [0.1, 0.15) is 0 Å². The number of hydrogen-bond donors (Lipinski definition) is 3. The normalized spacial score (nSPS) is 9.75. The summed E-state index contributed by atoms with van der Waals surface area (Å²) in [7, 11) is 0. The van der Waals surface area contributed by atoms with Gasteiger partial charge in [-0.2, -0.15) is 0 Å². The lowest BCUT2D eigenvalue weighted by Crippen LogP contribution is -2.33. The molecule has 4 N–H and O–H groups in total. The number of carbonyl (C=O) groups is 2. The molecule has 1 aromatic carbocycles. The van der Waals surface area contributed by atoms with Crippen molar-refractivity contribution in [3.63, 3.8) is 0 Å². The summed E-state index contributed by atoms with van der Waals surface area (Å²) in [5, 5.41) is 5.24. The minimum absolute atomic E-state index is 0. The van der Waals surface area contributed by atoms with E-state index in [2.05, 4.69) is 24.5 Å². The molecule has 0 fully saturated rings. The first-order valence-corrected chi connectivity index (χ1v) is 6.40. The molecule has 112 valence electrons. The van der Waals surface area contributed by atoms with E-state index in [1.807, 2.05) is 0 Å². The van der Waals surface area contributed by atoms with Gasteiger partial charge in [-0.25, -0.2) is 0 Å². The molecule has 6 heteroatoms. The zero-order chi connectivity index (χ0) is 14.3. The van der Waals surface area contributed by atoms with Crippen molar-refractivity contribution in [2.45, 2.75) is 26.7 Å². The Balaban J connectivity index is 0.00000361. The number of nitrogens with two attached hydrogens (primary N) is 1. The van der Waals surface area contributed by atoms with Crippen molar-refractivity contribution < 1.29 is 9.59 Å². The summed E-state index contributed by atoms with van der Waals surface area (Å²) >= 11 is 0. The Labute approximate surface area is 125 Å². The third-order valence-electron chi connectivity index (χ3n) is 2.63. The summed E-state index contributed by atoms with van der Waals surface area (Å²) in [6.07, 6.45) is 1.26. The summed E-state index contributed by atoms with van der Waals surface area (Å²) in [4.78, 5) is 23.1. The number of para-hydroxylation sites is 2. The molecule has 0 atom stereocenters. The number of hydrogen-bond acceptors (Lipinski definition) is 3. The molecule has 1 aromatic rings. The summed E-state index contributed by atoms with van der Waals surface area (Å²) in [5.74, 6) is 0.0874. The summed E-state index contributed by atoms with van der Waals surface area (Å²) < 4.78 is 0. The highest BCUT2D eigenvalue weighted by atomic mass is 35.5. The Kier molecular flexibility index (Phi) is 8.40. The Morgan fingerprint density at radius 2 is 1.85 bits per heavy atom. The van der Waals surface area contributed by atoms with Gasteiger partial charge in [-0.1, -0.05) is 26.0 Å². The maximum Gasteiger partial charge on any atom is 0.243 e. The molecule has 0 heterocycles. The fraction of sp³-hybridized carbons (Fsp3) is 0.429. The van der Waals surface area contributed by atoms with E-state index in [4.69, 9.17) is 5.73 Å². The predicted octanol–water partition coefficient (Wildman–Crippen LogP) is 2.18. The quantitative estimate of drug-likeness (QED) is 0.704. The van der Waals surface area contributed by atoms with Crippen molar-refractivity contribution in [3.8, 4) is 0 Å². The Bertz CT molecular complexity index is 450. The SMILES string of the molecule is CC(C)CCC(=O)NCC(=O)Nc1ccccc1N.Cl. The van der Waals surface area contributed by atoms with Crippen LogP contribution in [0.5, 0.6) is 0 Å². The largest absolute Gasteiger partial charge is 0.397 e. The van der Waals surface area contributed by atoms with Gasteiger partial charge >= 0.3 is 0 Å². The van der Waals surface area contributed by atoms with Crippen LogP contribution < -0.4 is 16.4 Å². The number of amides is 2. The molecule has 0 spiro atoms. The van der Waals surface area contributed by atoms with Gasteiger partial charge in [-0.15, -0.1) is 12.4 Å². The molecule has 0 radical (unpaired) electrons. The van der Waals surface area contributed by atoms with Crippen LogP contribution in [0.15, 0.2) is 24.3 Å². The second-order valence-corrected chi connectivity index (χ2v) is 4.84. The van der Waals surface area contributed by atoms with Gasteiger partial charge in [-0.3, -0.25) is 9.59 Å². The second kappa shape index (κ2) is 9.20. The molecular weight excluding hydrogens is 278 g/mol. The topological polar surface area (TPSA) is 84.2 Å². The Hall–Kier alpha value is -1.75. The molecular formula is C14H22ClN3O2. The summed E-state index contributed by atoms with van der Waals surface area (Å²) in [6.45, 7) is 4.07. The van der Waals surface area contributed by atoms with E-state index in [0.717, 1.165) is 6.42 Å². The molecule has 0 bridgehead atoms. The van der Waals surface area contributed by atoms with Crippen LogP contribution in [0.4, 0.5) is 11.4 Å². The van der Waals surface area contributed by atoms with Crippen LogP contribution in [0.25, 0.3) is 0 Å². The third kappa shape index (κ3) is 6.99. The zero-order valence-corrected chi connectivity index (χ0v) is 12.6. The minimum Gasteiger partial charge on any atom is -0.397 e. The van der Waals surface area contributed by atoms with E-state index < -0.39 is 0 Å². The molecule has 0 saturated carbocycles. The van der Waals surface area contributed by atoms with Crippen LogP contribution in [0.1, 0.15) is 26.7 Å². The monoisotopic (exact) mass is 299 g/mol. The summed E-state index contributed by atoms with van der Waals surface area (Å²) in [6, 6.07) is 7.00. The lowest BCUT2D eigenvalue weighted by Gasteiger charge is -2.09. The lowest BCUT2D eigenvalue weighted by atomic mass is 10.1. The van der Waals surface area contributed by atoms with Crippen LogP contribution in [0.2, 0.25) is 0 Å². The van der Waals surface area contributed by atoms with Crippen LogP contribution >= 0.6 is 12.4 Å². The average molecular weight is 300 g/mol. The van der Waals surface area contributed by atoms with Gasteiger partial charge in [0.2, 0.25) is 11.8 Å². The minimum atomic E-state index is -0.282. The number of benzene rings is 1. The molecule has 0 aromatic heterocycles. The smallest absolute Gasteiger partial charge is 0.243 e. The first kappa shape index (κ1) is 18.2. The lowest BCUT2D eigenvalue weighted by molar-refractivity contribution is -0.124. The molecule has 0 saturated heterocycles. The number of halogens is 1. The van der Waals surface area contributed by atoms with Gasteiger partial charge < -0.3 is 16.4 Å². The van der Waals surface area contributed by atoms with Crippen molar-refractivity contribution in [2.24, 2.45) is 5.92 Å². The van der Waals surface area contributed by atoms with Gasteiger partial charge in [0, 0.05) is 6.42 Å². The van der Waals surface area contributed by atoms with Crippen LogP contribution in [0, 0.1) is 5.92 Å². The maximum absolute atomic E-state index is 11.6. The molecule has 2 amide bonds. The number of anilines is 2. The molecule has 0 aliphatic carbocycles. The first-order chi connectivity index (χ1) is 8.99. The average Bonchev–Trinajstić information content (AvgIpc) is 2.36. The van der Waals surface area contributed by atoms with Crippen molar-refractivity contribution in [1.82, 2.24) is 5.32 Å². The highest BCUT2D eigenvalue weighted by Crippen LogP contribution is 2.16. The van der Waals surface area contributed by atoms with E-state index in [9.17, 15) is 9.59 Å². The van der Waals surface area contributed by atoms with Gasteiger partial charge in [0.15, 0.2) is 0 Å². The van der Waals surface area contributed by atoms with Crippen LogP contribution in [-0.2, 0) is 9.59 Å². The van der Waals surface area contributed by atoms with Crippen molar-refractivity contribution in [1.29, 1.82) is 0 Å². The van der Waals surface area contributed by atoms with Crippen molar-refractivity contribution in [3.05, 3.63) is 24.3 Å². The van der Waals surface area contributed by atoms with Gasteiger partial charge in [0.25, 0.3) is 0 Å². The van der Waals surface area contributed by atoms with Crippen LogP contribution in [-0.4, -0.2) is 18.4 Å². The van der Waals surface area contributed by atoms with Gasteiger partial charge in [0.05, 0.1) is 17.9 Å². The maximum atomic E-state index is 11.6. The molecule has 5 nitrogen and oxygen atoms in total. The van der Waals surface area contributed by atoms with E-state index in [0.29, 0.717) is 23.7 Å². The number of rotatable bonds is 6. The van der Waals surface area contributed by atoms with Crippen LogP contribution in [0.3, 0.4) is 0 Å². The highest BCUT2D eigenvalue weighted by Gasteiger charge is 2.07. The molecule has 20 heavy (non-hydrogen) atoms. The molecule has 1 rings (SSSR count). The first-order valence-electron chi connectivity index (χ1n) is 6.40.